The van der Waals surface area contributed by atoms with E-state index < -0.39 is 0 Å². The highest BCUT2D eigenvalue weighted by Gasteiger charge is 2.02. The lowest BCUT2D eigenvalue weighted by Gasteiger charge is -2.01. The lowest BCUT2D eigenvalue weighted by Crippen LogP contribution is -2.02. The summed E-state index contributed by atoms with van der Waals surface area (Å²) in [4.78, 5) is 5.70. The first-order valence-corrected chi connectivity index (χ1v) is 9.57. The van der Waals surface area contributed by atoms with Gasteiger partial charge in [-0.15, -0.1) is 0 Å². The standard InChI is InChI=1S/C21H17ClN2OS/c1-2-25-18-11-5-15(6-12-18)14-20-19-4-3-13-24(19)21(26-20)23-17-9-7-16(22)8-10-17/h3-14H,2H2,1H3/b20-14-,23-21?. The lowest BCUT2D eigenvalue weighted by atomic mass is 10.2. The Bertz CT molecular complexity index is 1140. The van der Waals surface area contributed by atoms with Crippen LogP contribution < -0.4 is 14.1 Å². The number of aromatic nitrogens is 1. The van der Waals surface area contributed by atoms with Gasteiger partial charge < -0.3 is 4.74 Å². The molecule has 0 aliphatic rings. The lowest BCUT2D eigenvalue weighted by molar-refractivity contribution is 0.340. The van der Waals surface area contributed by atoms with Crippen molar-refractivity contribution in [3.8, 4) is 5.75 Å². The van der Waals surface area contributed by atoms with Gasteiger partial charge in [0.1, 0.15) is 5.75 Å². The van der Waals surface area contributed by atoms with E-state index in [9.17, 15) is 0 Å². The van der Waals surface area contributed by atoms with Crippen LogP contribution in [-0.2, 0) is 0 Å². The van der Waals surface area contributed by atoms with Crippen molar-refractivity contribution in [1.82, 2.24) is 4.40 Å². The van der Waals surface area contributed by atoms with E-state index in [-0.39, 0.29) is 0 Å². The fraction of sp³-hybridized carbons (Fsp3) is 0.0952. The molecule has 0 spiro atoms. The summed E-state index contributed by atoms with van der Waals surface area (Å²) in [5.41, 5.74) is 3.17. The van der Waals surface area contributed by atoms with Crippen molar-refractivity contribution in [2.24, 2.45) is 4.99 Å². The SMILES string of the molecule is CCOc1ccc(/C=c2\sc(=Nc3ccc(Cl)cc3)n3cccc23)cc1. The maximum absolute atomic E-state index is 5.96. The highest BCUT2D eigenvalue weighted by molar-refractivity contribution is 7.07. The average molecular weight is 381 g/mol. The van der Waals surface area contributed by atoms with Crippen LogP contribution in [0.5, 0.6) is 5.75 Å². The summed E-state index contributed by atoms with van der Waals surface area (Å²) >= 11 is 7.62. The number of rotatable bonds is 4. The molecule has 26 heavy (non-hydrogen) atoms. The zero-order valence-corrected chi connectivity index (χ0v) is 15.8. The van der Waals surface area contributed by atoms with Crippen molar-refractivity contribution in [3.63, 3.8) is 0 Å². The second kappa shape index (κ2) is 7.36. The molecule has 0 radical (unpaired) electrons. The Hall–Kier alpha value is -2.56. The molecule has 0 unspecified atom stereocenters. The maximum atomic E-state index is 5.96. The third-order valence-corrected chi connectivity index (χ3v) is 5.22. The van der Waals surface area contributed by atoms with Gasteiger partial charge in [-0.05, 0) is 67.1 Å². The number of ether oxygens (including phenoxy) is 1. The first-order chi connectivity index (χ1) is 12.7. The van der Waals surface area contributed by atoms with Gasteiger partial charge in [-0.25, -0.2) is 4.99 Å². The van der Waals surface area contributed by atoms with Crippen LogP contribution in [0.25, 0.3) is 11.6 Å². The number of benzene rings is 2. The van der Waals surface area contributed by atoms with E-state index in [2.05, 4.69) is 28.7 Å². The van der Waals surface area contributed by atoms with Crippen LogP contribution in [0.4, 0.5) is 5.69 Å². The third-order valence-electron chi connectivity index (χ3n) is 3.95. The molecule has 5 heteroatoms. The molecule has 0 amide bonds. The van der Waals surface area contributed by atoms with Gasteiger partial charge in [0.05, 0.1) is 22.3 Å². The van der Waals surface area contributed by atoms with Gasteiger partial charge >= 0.3 is 0 Å². The molecule has 0 fully saturated rings. The van der Waals surface area contributed by atoms with Gasteiger partial charge in [-0.2, -0.15) is 0 Å². The molecule has 0 N–H and O–H groups in total. The largest absolute Gasteiger partial charge is 0.494 e. The van der Waals surface area contributed by atoms with Crippen molar-refractivity contribution in [1.29, 1.82) is 0 Å². The van der Waals surface area contributed by atoms with Crippen LogP contribution in [0, 0.1) is 0 Å². The van der Waals surface area contributed by atoms with Gasteiger partial charge in [0, 0.05) is 11.2 Å². The predicted octanol–water partition coefficient (Wildman–Crippen LogP) is 4.83. The quantitative estimate of drug-likeness (QED) is 0.497. The predicted molar refractivity (Wildman–Crippen MR) is 108 cm³/mol. The summed E-state index contributed by atoms with van der Waals surface area (Å²) in [6.07, 6.45) is 4.21. The molecule has 0 bridgehead atoms. The van der Waals surface area contributed by atoms with Crippen molar-refractivity contribution in [2.75, 3.05) is 6.61 Å². The highest BCUT2D eigenvalue weighted by Crippen LogP contribution is 2.16. The van der Waals surface area contributed by atoms with E-state index in [0.29, 0.717) is 11.6 Å². The number of halogens is 1. The summed E-state index contributed by atoms with van der Waals surface area (Å²) in [6.45, 7) is 2.66. The minimum atomic E-state index is 0.675. The molecule has 0 aliphatic heterocycles. The molecular weight excluding hydrogens is 364 g/mol. The van der Waals surface area contributed by atoms with Gasteiger partial charge in [0.15, 0.2) is 4.80 Å². The molecule has 0 saturated carbocycles. The molecule has 4 rings (SSSR count). The second-order valence-electron chi connectivity index (χ2n) is 5.75. The van der Waals surface area contributed by atoms with Crippen molar-refractivity contribution in [3.05, 3.63) is 86.8 Å². The minimum Gasteiger partial charge on any atom is -0.494 e. The first kappa shape index (κ1) is 16.9. The Labute approximate surface area is 160 Å². The third kappa shape index (κ3) is 3.52. The molecule has 0 atom stereocenters. The topological polar surface area (TPSA) is 26.0 Å². The zero-order chi connectivity index (χ0) is 17.9. The van der Waals surface area contributed by atoms with Crippen molar-refractivity contribution >= 4 is 40.2 Å². The Morgan fingerprint density at radius 3 is 2.58 bits per heavy atom. The zero-order valence-electron chi connectivity index (χ0n) is 14.2. The van der Waals surface area contributed by atoms with Gasteiger partial charge in [-0.1, -0.05) is 35.1 Å². The Morgan fingerprint density at radius 2 is 1.85 bits per heavy atom. The Balaban J connectivity index is 1.79. The fourth-order valence-electron chi connectivity index (χ4n) is 2.73. The van der Waals surface area contributed by atoms with Crippen LogP contribution in [-0.4, -0.2) is 11.0 Å². The number of fused-ring (bicyclic) bond motifs is 1. The number of hydrogen-bond acceptors (Lipinski definition) is 3. The average Bonchev–Trinajstić information content (AvgIpc) is 3.24. The molecule has 0 saturated heterocycles. The van der Waals surface area contributed by atoms with Crippen molar-refractivity contribution < 1.29 is 4.74 Å². The van der Waals surface area contributed by atoms with E-state index in [1.54, 1.807) is 11.3 Å². The second-order valence-corrected chi connectivity index (χ2v) is 7.19. The minimum absolute atomic E-state index is 0.675. The summed E-state index contributed by atoms with van der Waals surface area (Å²) < 4.78 is 8.79. The molecule has 130 valence electrons. The highest BCUT2D eigenvalue weighted by atomic mass is 35.5. The molecule has 3 nitrogen and oxygen atoms in total. The number of hydrogen-bond donors (Lipinski definition) is 0. The maximum Gasteiger partial charge on any atom is 0.195 e. The summed E-state index contributed by atoms with van der Waals surface area (Å²) in [7, 11) is 0. The number of nitrogens with zero attached hydrogens (tertiary/aromatic N) is 2. The Kier molecular flexibility index (Phi) is 4.78. The van der Waals surface area contributed by atoms with E-state index in [1.165, 1.54) is 4.53 Å². The first-order valence-electron chi connectivity index (χ1n) is 8.38. The summed E-state index contributed by atoms with van der Waals surface area (Å²) in [5.74, 6) is 0.891. The molecular formula is C21H17ClN2OS. The van der Waals surface area contributed by atoms with Crippen LogP contribution in [0.3, 0.4) is 0 Å². The molecule has 2 aromatic carbocycles. The van der Waals surface area contributed by atoms with Crippen LogP contribution >= 0.6 is 22.9 Å². The van der Waals surface area contributed by atoms with Gasteiger partial charge in [-0.3, -0.25) is 4.40 Å². The smallest absolute Gasteiger partial charge is 0.195 e. The normalized spacial score (nSPS) is 12.8. The van der Waals surface area contributed by atoms with Crippen LogP contribution in [0.15, 0.2) is 71.9 Å². The number of thiazole rings is 1. The fourth-order valence-corrected chi connectivity index (χ4v) is 3.93. The Morgan fingerprint density at radius 1 is 1.08 bits per heavy atom. The molecule has 0 aliphatic carbocycles. The van der Waals surface area contributed by atoms with Crippen molar-refractivity contribution in [2.45, 2.75) is 6.92 Å². The van der Waals surface area contributed by atoms with Gasteiger partial charge in [0.25, 0.3) is 0 Å². The summed E-state index contributed by atoms with van der Waals surface area (Å²) in [6, 6.07) is 19.8. The van der Waals surface area contributed by atoms with E-state index in [1.807, 2.05) is 55.6 Å². The molecule has 4 aromatic rings. The monoisotopic (exact) mass is 380 g/mol. The van der Waals surface area contributed by atoms with Crippen LogP contribution in [0.2, 0.25) is 5.02 Å². The summed E-state index contributed by atoms with van der Waals surface area (Å²) in [5, 5.41) is 0.714. The van der Waals surface area contributed by atoms with Gasteiger partial charge in [0.2, 0.25) is 0 Å². The van der Waals surface area contributed by atoms with E-state index in [4.69, 9.17) is 21.3 Å². The molecule has 2 heterocycles. The molecule has 2 aromatic heterocycles. The van der Waals surface area contributed by atoms with E-state index >= 15 is 0 Å². The van der Waals surface area contributed by atoms with E-state index in [0.717, 1.165) is 27.3 Å². The van der Waals surface area contributed by atoms with Crippen LogP contribution in [0.1, 0.15) is 12.5 Å².